The van der Waals surface area contributed by atoms with Gasteiger partial charge in [0.15, 0.2) is 6.17 Å². The van der Waals surface area contributed by atoms with Gasteiger partial charge in [-0.1, -0.05) is 31.2 Å². The Morgan fingerprint density at radius 1 is 1.11 bits per heavy atom. The van der Waals surface area contributed by atoms with E-state index in [1.54, 1.807) is 0 Å². The monoisotopic (exact) mass is 501 g/mol. The van der Waals surface area contributed by atoms with Crippen LogP contribution in [0, 0.1) is 11.3 Å². The fourth-order valence-corrected chi connectivity index (χ4v) is 9.88. The maximum atomic E-state index is 14.1. The lowest BCUT2D eigenvalue weighted by atomic mass is 9.58. The molecule has 0 amide bonds. The highest BCUT2D eigenvalue weighted by Crippen LogP contribution is 2.69. The number of ether oxygens (including phenoxy) is 1. The van der Waals surface area contributed by atoms with Crippen molar-refractivity contribution in [3.05, 3.63) is 65.5 Å². The third-order valence-corrected chi connectivity index (χ3v) is 11.7. The molecule has 3 aliphatic heterocycles. The van der Waals surface area contributed by atoms with Crippen LogP contribution in [0.15, 0.2) is 60.0 Å². The SMILES string of the molecule is CC12CC=C3C=C4CCC([N+]5(O)CCC(F)C5)C[C@]45CC[C@]3(O5)[C@@H]1CCC2c1ccc2ccncc2c1. The number of quaternary nitrogens is 1. The van der Waals surface area contributed by atoms with E-state index in [1.807, 2.05) is 12.4 Å². The van der Waals surface area contributed by atoms with Crippen LogP contribution in [-0.2, 0) is 4.74 Å². The second-order valence-corrected chi connectivity index (χ2v) is 13.4. The highest BCUT2D eigenvalue weighted by atomic mass is 19.1. The van der Waals surface area contributed by atoms with Crippen molar-refractivity contribution in [2.24, 2.45) is 11.3 Å². The lowest BCUT2D eigenvalue weighted by molar-refractivity contribution is -1.11. The van der Waals surface area contributed by atoms with Gasteiger partial charge in [-0.2, -0.15) is 4.65 Å². The van der Waals surface area contributed by atoms with Crippen LogP contribution < -0.4 is 0 Å². The van der Waals surface area contributed by atoms with Gasteiger partial charge in [0, 0.05) is 37.0 Å². The molecule has 4 nitrogen and oxygen atoms in total. The van der Waals surface area contributed by atoms with E-state index < -0.39 is 6.17 Å². The van der Waals surface area contributed by atoms with Crippen LogP contribution in [0.1, 0.15) is 76.2 Å². The lowest BCUT2D eigenvalue weighted by Gasteiger charge is -2.55. The Labute approximate surface area is 218 Å². The molecule has 2 spiro atoms. The van der Waals surface area contributed by atoms with Crippen LogP contribution in [0.4, 0.5) is 4.39 Å². The number of hydrogen-bond acceptors (Lipinski definition) is 3. The molecule has 0 radical (unpaired) electrons. The first kappa shape index (κ1) is 22.9. The first-order valence-corrected chi connectivity index (χ1v) is 14.5. The molecule has 8 rings (SSSR count). The number of aromatic nitrogens is 1. The van der Waals surface area contributed by atoms with Crippen molar-refractivity contribution in [1.82, 2.24) is 4.98 Å². The van der Waals surface area contributed by atoms with Crippen molar-refractivity contribution in [2.45, 2.75) is 94.0 Å². The summed E-state index contributed by atoms with van der Waals surface area (Å²) in [6.07, 6.45) is 16.8. The summed E-state index contributed by atoms with van der Waals surface area (Å²) < 4.78 is 21.5. The van der Waals surface area contributed by atoms with Gasteiger partial charge in [0.25, 0.3) is 0 Å². The maximum Gasteiger partial charge on any atom is 0.157 e. The van der Waals surface area contributed by atoms with E-state index in [0.717, 1.165) is 38.5 Å². The Bertz CT molecular complexity index is 1360. The number of nitrogens with zero attached hydrogens (tertiary/aromatic N) is 2. The van der Waals surface area contributed by atoms with E-state index in [1.165, 1.54) is 40.3 Å². The number of hydrogen-bond donors (Lipinski definition) is 1. The molecule has 194 valence electrons. The zero-order valence-electron chi connectivity index (χ0n) is 21.8. The average molecular weight is 502 g/mol. The Hall–Kier alpha value is -2.08. The number of hydroxylamine groups is 3. The zero-order chi connectivity index (χ0) is 25.0. The predicted molar refractivity (Wildman–Crippen MR) is 141 cm³/mol. The van der Waals surface area contributed by atoms with Crippen molar-refractivity contribution < 1.29 is 19.0 Å². The van der Waals surface area contributed by atoms with Gasteiger partial charge in [0.1, 0.15) is 19.1 Å². The van der Waals surface area contributed by atoms with Crippen LogP contribution in [0.5, 0.6) is 0 Å². The second kappa shape index (κ2) is 7.52. The molecule has 4 heterocycles. The minimum atomic E-state index is -0.878. The molecule has 2 aromatic rings. The summed E-state index contributed by atoms with van der Waals surface area (Å²) in [4.78, 5) is 4.37. The molecule has 2 saturated carbocycles. The van der Waals surface area contributed by atoms with Crippen molar-refractivity contribution in [1.29, 1.82) is 0 Å². The van der Waals surface area contributed by atoms with Gasteiger partial charge in [0.05, 0.1) is 11.2 Å². The van der Waals surface area contributed by atoms with Gasteiger partial charge in [-0.15, -0.1) is 0 Å². The van der Waals surface area contributed by atoms with E-state index >= 15 is 0 Å². The summed E-state index contributed by atoms with van der Waals surface area (Å²) in [5, 5.41) is 13.8. The van der Waals surface area contributed by atoms with Crippen molar-refractivity contribution in [2.75, 3.05) is 13.1 Å². The number of fused-ring (bicyclic) bond motifs is 2. The molecule has 1 aromatic carbocycles. The van der Waals surface area contributed by atoms with E-state index in [0.29, 0.717) is 24.8 Å². The summed E-state index contributed by atoms with van der Waals surface area (Å²) in [6.45, 7) is 3.31. The van der Waals surface area contributed by atoms with Gasteiger partial charge in [-0.05, 0) is 90.0 Å². The normalized spacial score (nSPS) is 46.2. The highest BCUT2D eigenvalue weighted by molar-refractivity contribution is 5.82. The van der Waals surface area contributed by atoms with Gasteiger partial charge < -0.3 is 4.74 Å². The Morgan fingerprint density at radius 2 is 2.03 bits per heavy atom. The third kappa shape index (κ3) is 3.02. The molecule has 2 bridgehead atoms. The fourth-order valence-electron chi connectivity index (χ4n) is 9.88. The Kier molecular flexibility index (Phi) is 4.65. The molecule has 4 fully saturated rings. The Morgan fingerprint density at radius 3 is 2.89 bits per heavy atom. The molecule has 5 heteroatoms. The minimum absolute atomic E-state index is 0.0797. The summed E-state index contributed by atoms with van der Waals surface area (Å²) in [7, 11) is 0. The van der Waals surface area contributed by atoms with Gasteiger partial charge in [-0.25, -0.2) is 9.60 Å². The fraction of sp³-hybridized carbons (Fsp3) is 0.594. The maximum absolute atomic E-state index is 14.1. The van der Waals surface area contributed by atoms with Crippen LogP contribution in [-0.4, -0.2) is 51.3 Å². The van der Waals surface area contributed by atoms with E-state index in [-0.39, 0.29) is 33.9 Å². The van der Waals surface area contributed by atoms with Gasteiger partial charge in [-0.3, -0.25) is 4.98 Å². The van der Waals surface area contributed by atoms with E-state index in [2.05, 4.69) is 48.3 Å². The van der Waals surface area contributed by atoms with Crippen LogP contribution >= 0.6 is 0 Å². The minimum Gasteiger partial charge on any atom is -0.359 e. The highest BCUT2D eigenvalue weighted by Gasteiger charge is 2.67. The summed E-state index contributed by atoms with van der Waals surface area (Å²) >= 11 is 0. The molecule has 37 heavy (non-hydrogen) atoms. The summed E-state index contributed by atoms with van der Waals surface area (Å²) in [5.41, 5.74) is 3.99. The average Bonchev–Trinajstić information content (AvgIpc) is 3.55. The number of rotatable bonds is 2. The summed E-state index contributed by atoms with van der Waals surface area (Å²) in [5.74, 6) is 1.00. The van der Waals surface area contributed by atoms with E-state index in [9.17, 15) is 9.60 Å². The number of allylic oxidation sites excluding steroid dienone is 1. The number of benzene rings is 1. The van der Waals surface area contributed by atoms with Crippen LogP contribution in [0.2, 0.25) is 0 Å². The first-order chi connectivity index (χ1) is 17.8. The summed E-state index contributed by atoms with van der Waals surface area (Å²) in [6, 6.07) is 9.15. The molecular weight excluding hydrogens is 463 g/mol. The lowest BCUT2D eigenvalue weighted by Crippen LogP contribution is -2.59. The van der Waals surface area contributed by atoms with Crippen molar-refractivity contribution in [3.63, 3.8) is 0 Å². The molecule has 2 saturated heterocycles. The number of halogens is 1. The first-order valence-electron chi connectivity index (χ1n) is 14.5. The number of alkyl halides is 1. The molecule has 1 N–H and O–H groups in total. The molecule has 8 atom stereocenters. The Balaban J connectivity index is 1.14. The van der Waals surface area contributed by atoms with Gasteiger partial charge >= 0.3 is 0 Å². The third-order valence-electron chi connectivity index (χ3n) is 11.7. The van der Waals surface area contributed by atoms with E-state index in [4.69, 9.17) is 4.74 Å². The molecule has 1 aromatic heterocycles. The van der Waals surface area contributed by atoms with Crippen LogP contribution in [0.25, 0.3) is 10.8 Å². The topological polar surface area (TPSA) is 42.4 Å². The predicted octanol–water partition coefficient (Wildman–Crippen LogP) is 6.79. The quantitative estimate of drug-likeness (QED) is 0.461. The molecule has 5 unspecified atom stereocenters. The standard InChI is InChI=1S/C32H38FN2O2/c1-30-11-8-25-17-24-4-5-27(35(36)15-10-26(33)20-35)18-31(24)12-13-32(25,37-31)29(30)7-6-28(30)22-3-2-21-9-14-34-19-23(21)16-22/h2-3,8-9,14,16-17,19,26-29,36H,4-7,10-13,15,18,20H2,1H3/q+1/t26?,27?,28?,29-,30?,31-,32-,35?/m1/s1. The van der Waals surface area contributed by atoms with Crippen molar-refractivity contribution in [3.8, 4) is 0 Å². The molecule has 3 aliphatic carbocycles. The smallest absolute Gasteiger partial charge is 0.157 e. The van der Waals surface area contributed by atoms with Crippen LogP contribution in [0.3, 0.4) is 0 Å². The second-order valence-electron chi connectivity index (χ2n) is 13.4. The molecular formula is C32H38FN2O2+. The molecule has 6 aliphatic rings. The zero-order valence-corrected chi connectivity index (χ0v) is 21.8. The number of pyridine rings is 1. The van der Waals surface area contributed by atoms with Crippen molar-refractivity contribution >= 4 is 10.8 Å². The number of likely N-dealkylation sites (tertiary alicyclic amines) is 1. The largest absolute Gasteiger partial charge is 0.359 e. The van der Waals surface area contributed by atoms with Gasteiger partial charge in [0.2, 0.25) is 0 Å².